The quantitative estimate of drug-likeness (QED) is 0.337. The zero-order valence-corrected chi connectivity index (χ0v) is 14.7. The molecule has 0 amide bonds. The Balaban J connectivity index is 3.59. The van der Waals surface area contributed by atoms with E-state index in [-0.39, 0.29) is 0 Å². The molecular weight excluding hydrogens is 282 g/mol. The lowest BCUT2D eigenvalue weighted by molar-refractivity contribution is 0.267. The van der Waals surface area contributed by atoms with Crippen LogP contribution >= 0.6 is 16.8 Å². The lowest BCUT2D eigenvalue weighted by atomic mass is 10.3. The van der Waals surface area contributed by atoms with Crippen LogP contribution in [-0.4, -0.2) is 38.8 Å². The van der Waals surface area contributed by atoms with E-state index < -0.39 is 16.8 Å². The molecule has 0 N–H and O–H groups in total. The first-order valence-corrected chi connectivity index (χ1v) is 10.1. The molecule has 0 radical (unpaired) electrons. The lowest BCUT2D eigenvalue weighted by Gasteiger charge is -2.17. The van der Waals surface area contributed by atoms with Crippen molar-refractivity contribution in [2.24, 2.45) is 0 Å². The molecule has 0 unspecified atom stereocenters. The number of unbranched alkanes of at least 4 members (excludes halogenated alkanes) is 2. The van der Waals surface area contributed by atoms with Gasteiger partial charge in [-0.2, -0.15) is 0 Å². The fraction of sp³-hybridized carbons (Fsp3) is 1.00. The van der Waals surface area contributed by atoms with Gasteiger partial charge in [0.2, 0.25) is 0 Å². The second kappa shape index (κ2) is 15.1. The Kier molecular flexibility index (Phi) is 15.7. The lowest BCUT2D eigenvalue weighted by Crippen LogP contribution is -1.98. The maximum absolute atomic E-state index is 5.58. The number of hydrogen-bond donors (Lipinski definition) is 0. The summed E-state index contributed by atoms with van der Waals surface area (Å²) in [7, 11) is -1.33. The molecule has 0 saturated carbocycles. The summed E-state index contributed by atoms with van der Waals surface area (Å²) in [4.78, 5) is 0. The standard InChI is InChI=1S/C13H30O4P2/c1-5-14-18(15-6-2)12-10-9-11-13-19(16-7-3)17-8-4/h5-13H2,1-4H3. The summed E-state index contributed by atoms with van der Waals surface area (Å²) in [5.74, 6) is 0. The minimum Gasteiger partial charge on any atom is -0.334 e. The monoisotopic (exact) mass is 312 g/mol. The average Bonchev–Trinajstić information content (AvgIpc) is 2.39. The van der Waals surface area contributed by atoms with Crippen LogP contribution in [0.15, 0.2) is 0 Å². The summed E-state index contributed by atoms with van der Waals surface area (Å²) in [5, 5.41) is 0. The van der Waals surface area contributed by atoms with Crippen molar-refractivity contribution < 1.29 is 18.1 Å². The molecule has 0 aliphatic carbocycles. The van der Waals surface area contributed by atoms with E-state index in [9.17, 15) is 0 Å². The van der Waals surface area contributed by atoms with E-state index in [0.717, 1.165) is 51.6 Å². The highest BCUT2D eigenvalue weighted by molar-refractivity contribution is 7.47. The third-order valence-electron chi connectivity index (χ3n) is 2.27. The van der Waals surface area contributed by atoms with Crippen molar-refractivity contribution in [2.75, 3.05) is 38.8 Å². The molecule has 116 valence electrons. The van der Waals surface area contributed by atoms with Gasteiger partial charge in [0.15, 0.2) is 16.8 Å². The first-order chi connectivity index (χ1) is 9.28. The van der Waals surface area contributed by atoms with Crippen LogP contribution in [0.5, 0.6) is 0 Å². The Bertz CT molecular complexity index is 154. The Morgan fingerprint density at radius 2 is 0.842 bits per heavy atom. The van der Waals surface area contributed by atoms with Crippen LogP contribution in [0.4, 0.5) is 0 Å². The van der Waals surface area contributed by atoms with Crippen LogP contribution in [-0.2, 0) is 18.1 Å². The van der Waals surface area contributed by atoms with Crippen LogP contribution in [0.25, 0.3) is 0 Å². The summed E-state index contributed by atoms with van der Waals surface area (Å²) >= 11 is 0. The van der Waals surface area contributed by atoms with Gasteiger partial charge in [0.25, 0.3) is 0 Å². The van der Waals surface area contributed by atoms with E-state index in [4.69, 9.17) is 18.1 Å². The van der Waals surface area contributed by atoms with Crippen LogP contribution in [0.1, 0.15) is 47.0 Å². The maximum atomic E-state index is 5.58. The van der Waals surface area contributed by atoms with Crippen LogP contribution in [0.2, 0.25) is 0 Å². The predicted molar refractivity (Wildman–Crippen MR) is 83.9 cm³/mol. The van der Waals surface area contributed by atoms with Gasteiger partial charge < -0.3 is 18.1 Å². The van der Waals surface area contributed by atoms with E-state index >= 15 is 0 Å². The first-order valence-electron chi connectivity index (χ1n) is 7.35. The third kappa shape index (κ3) is 12.2. The molecule has 19 heavy (non-hydrogen) atoms. The molecule has 0 aromatic rings. The molecule has 0 rings (SSSR count). The second-order valence-electron chi connectivity index (χ2n) is 3.84. The summed E-state index contributed by atoms with van der Waals surface area (Å²) in [6.45, 7) is 11.0. The Morgan fingerprint density at radius 3 is 1.11 bits per heavy atom. The van der Waals surface area contributed by atoms with Crippen molar-refractivity contribution >= 4 is 16.8 Å². The van der Waals surface area contributed by atoms with Gasteiger partial charge in [-0.15, -0.1) is 0 Å². The van der Waals surface area contributed by atoms with E-state index in [1.54, 1.807) is 0 Å². The minimum atomic E-state index is -0.663. The topological polar surface area (TPSA) is 36.9 Å². The Morgan fingerprint density at radius 1 is 0.526 bits per heavy atom. The van der Waals surface area contributed by atoms with Gasteiger partial charge in [0, 0.05) is 12.3 Å². The van der Waals surface area contributed by atoms with Crippen molar-refractivity contribution in [2.45, 2.75) is 47.0 Å². The highest BCUT2D eigenvalue weighted by Gasteiger charge is 2.10. The van der Waals surface area contributed by atoms with Gasteiger partial charge in [0.05, 0.1) is 26.4 Å². The molecular formula is C13H30O4P2. The van der Waals surface area contributed by atoms with Gasteiger partial charge in [-0.3, -0.25) is 0 Å². The smallest absolute Gasteiger partial charge is 0.170 e. The van der Waals surface area contributed by atoms with E-state index in [0.29, 0.717) is 0 Å². The van der Waals surface area contributed by atoms with Crippen LogP contribution < -0.4 is 0 Å². The first kappa shape index (κ1) is 19.7. The number of rotatable bonds is 14. The average molecular weight is 312 g/mol. The van der Waals surface area contributed by atoms with E-state index in [2.05, 4.69) is 0 Å². The third-order valence-corrected chi connectivity index (χ3v) is 5.82. The van der Waals surface area contributed by atoms with Crippen LogP contribution in [0.3, 0.4) is 0 Å². The van der Waals surface area contributed by atoms with Crippen LogP contribution in [0, 0.1) is 0 Å². The zero-order chi connectivity index (χ0) is 14.3. The normalized spacial score (nSPS) is 11.7. The van der Waals surface area contributed by atoms with Crippen molar-refractivity contribution in [3.05, 3.63) is 0 Å². The maximum Gasteiger partial charge on any atom is 0.170 e. The van der Waals surface area contributed by atoms with Gasteiger partial charge in [-0.1, -0.05) is 6.42 Å². The fourth-order valence-electron chi connectivity index (χ4n) is 1.57. The fourth-order valence-corrected chi connectivity index (χ4v) is 4.35. The summed E-state index contributed by atoms with van der Waals surface area (Å²) in [6, 6.07) is 0. The molecule has 0 spiro atoms. The molecule has 0 saturated heterocycles. The summed E-state index contributed by atoms with van der Waals surface area (Å²) < 4.78 is 22.3. The van der Waals surface area contributed by atoms with Crippen molar-refractivity contribution in [3.63, 3.8) is 0 Å². The van der Waals surface area contributed by atoms with E-state index in [1.165, 1.54) is 6.42 Å². The van der Waals surface area contributed by atoms with Crippen molar-refractivity contribution in [1.29, 1.82) is 0 Å². The minimum absolute atomic E-state index is 0.663. The highest BCUT2D eigenvalue weighted by Crippen LogP contribution is 2.41. The predicted octanol–water partition coefficient (Wildman–Crippen LogP) is 4.93. The summed E-state index contributed by atoms with van der Waals surface area (Å²) in [5.41, 5.74) is 0. The molecule has 0 bridgehead atoms. The van der Waals surface area contributed by atoms with Crippen molar-refractivity contribution in [1.82, 2.24) is 0 Å². The van der Waals surface area contributed by atoms with Gasteiger partial charge in [-0.05, 0) is 40.5 Å². The van der Waals surface area contributed by atoms with Gasteiger partial charge >= 0.3 is 0 Å². The molecule has 0 fully saturated rings. The molecule has 0 heterocycles. The summed E-state index contributed by atoms with van der Waals surface area (Å²) in [6.07, 6.45) is 5.59. The zero-order valence-electron chi connectivity index (χ0n) is 12.9. The molecule has 0 aromatic heterocycles. The van der Waals surface area contributed by atoms with Crippen molar-refractivity contribution in [3.8, 4) is 0 Å². The molecule has 0 aromatic carbocycles. The largest absolute Gasteiger partial charge is 0.334 e. The molecule has 4 nitrogen and oxygen atoms in total. The highest BCUT2D eigenvalue weighted by atomic mass is 31.2. The van der Waals surface area contributed by atoms with E-state index in [1.807, 2.05) is 27.7 Å². The van der Waals surface area contributed by atoms with Gasteiger partial charge in [0.1, 0.15) is 0 Å². The Labute approximate surface area is 121 Å². The molecule has 6 heteroatoms. The number of hydrogen-bond acceptors (Lipinski definition) is 4. The molecule has 0 atom stereocenters. The van der Waals surface area contributed by atoms with Gasteiger partial charge in [-0.25, -0.2) is 0 Å². The SMILES string of the molecule is CCOP(CCCCCP(OCC)OCC)OCC. The molecule has 0 aliphatic rings. The second-order valence-corrected chi connectivity index (χ2v) is 7.10. The Hall–Kier alpha value is 0.700. The molecule has 0 aliphatic heterocycles.